The van der Waals surface area contributed by atoms with Crippen LogP contribution < -0.4 is 0 Å². The van der Waals surface area contributed by atoms with E-state index in [1.807, 2.05) is 0 Å². The lowest BCUT2D eigenvalue weighted by molar-refractivity contribution is -0.153. The highest BCUT2D eigenvalue weighted by molar-refractivity contribution is 5.99. The molecule has 3 saturated carbocycles. The van der Waals surface area contributed by atoms with Gasteiger partial charge in [0.15, 0.2) is 0 Å². The van der Waals surface area contributed by atoms with Crippen molar-refractivity contribution in [2.24, 2.45) is 59.2 Å². The first-order valence-corrected chi connectivity index (χ1v) is 17.2. The molecule has 0 aromatic rings. The van der Waals surface area contributed by atoms with Gasteiger partial charge in [0.05, 0.1) is 0 Å². The summed E-state index contributed by atoms with van der Waals surface area (Å²) in [5.74, 6) is 5.90. The number of rotatable bonds is 16. The molecule has 0 N–H and O–H groups in total. The maximum Gasteiger partial charge on any atom is 0.140 e. The fourth-order valence-electron chi connectivity index (χ4n) is 8.45. The topological polar surface area (TPSA) is 34.1 Å². The van der Waals surface area contributed by atoms with Crippen LogP contribution in [0.15, 0.2) is 0 Å². The number of Topliss-reactive ketones (excluding diaryl/α,β-unsaturated/α-hetero) is 2. The van der Waals surface area contributed by atoms with E-state index in [9.17, 15) is 9.59 Å². The maximum atomic E-state index is 13.6. The molecule has 8 unspecified atom stereocenters. The highest BCUT2D eigenvalue weighted by Gasteiger charge is 2.52. The number of fused-ring (bicyclic) bond motifs is 2. The van der Waals surface area contributed by atoms with Gasteiger partial charge in [0.2, 0.25) is 0 Å². The zero-order valence-corrected chi connectivity index (χ0v) is 26.3. The molecule has 0 aromatic heterocycles. The summed E-state index contributed by atoms with van der Waals surface area (Å²) in [7, 11) is 0. The predicted molar refractivity (Wildman–Crippen MR) is 162 cm³/mol. The fraction of sp³-hybridized carbons (Fsp3) is 0.944. The van der Waals surface area contributed by atoms with Gasteiger partial charge in [0.25, 0.3) is 0 Å². The van der Waals surface area contributed by atoms with Crippen LogP contribution in [0.2, 0.25) is 0 Å². The molecule has 0 bridgehead atoms. The zero-order valence-electron chi connectivity index (χ0n) is 26.3. The number of hydrogen-bond donors (Lipinski definition) is 0. The van der Waals surface area contributed by atoms with Gasteiger partial charge in [-0.25, -0.2) is 0 Å². The van der Waals surface area contributed by atoms with E-state index in [-0.39, 0.29) is 23.7 Å². The Balaban J connectivity index is 1.39. The third-order valence-electron chi connectivity index (χ3n) is 11.0. The van der Waals surface area contributed by atoms with Gasteiger partial charge < -0.3 is 0 Å². The standard InChI is InChI=1S/C36H64O2/c1-25(2)11-7-13-27(5)15-9-17-29-19-21-31-33(23-29)35(37)32-22-20-30(24-34(32)36(31)38)18-10-16-28(6)14-8-12-26(3)4/h25-34H,7-24H2,1-6H3. The molecule has 0 radical (unpaired) electrons. The quantitative estimate of drug-likeness (QED) is 0.200. The molecule has 8 atom stereocenters. The van der Waals surface area contributed by atoms with Crippen LogP contribution in [0.4, 0.5) is 0 Å². The highest BCUT2D eigenvalue weighted by atomic mass is 16.1. The molecular formula is C36H64O2. The van der Waals surface area contributed by atoms with E-state index in [1.54, 1.807) is 0 Å². The van der Waals surface area contributed by atoms with Crippen LogP contribution in [0.5, 0.6) is 0 Å². The highest BCUT2D eigenvalue weighted by Crippen LogP contribution is 2.50. The van der Waals surface area contributed by atoms with Crippen LogP contribution in [0.3, 0.4) is 0 Å². The molecular weight excluding hydrogens is 464 g/mol. The fourth-order valence-corrected chi connectivity index (χ4v) is 8.45. The molecule has 38 heavy (non-hydrogen) atoms. The van der Waals surface area contributed by atoms with E-state index < -0.39 is 0 Å². The predicted octanol–water partition coefficient (Wildman–Crippen LogP) is 10.5. The second-order valence-electron chi connectivity index (χ2n) is 15.3. The second kappa shape index (κ2) is 16.0. The summed E-state index contributed by atoms with van der Waals surface area (Å²) in [5.41, 5.74) is 0. The van der Waals surface area contributed by atoms with Gasteiger partial charge in [-0.1, -0.05) is 119 Å². The van der Waals surface area contributed by atoms with Crippen LogP contribution in [0.1, 0.15) is 157 Å². The summed E-state index contributed by atoms with van der Waals surface area (Å²) in [6.45, 7) is 14.1. The number of ketones is 2. The number of carbonyl (C=O) groups excluding carboxylic acids is 2. The van der Waals surface area contributed by atoms with Gasteiger partial charge in [-0.3, -0.25) is 9.59 Å². The van der Waals surface area contributed by atoms with E-state index >= 15 is 0 Å². The first-order valence-electron chi connectivity index (χ1n) is 17.2. The summed E-state index contributed by atoms with van der Waals surface area (Å²) in [4.78, 5) is 27.3. The van der Waals surface area contributed by atoms with Crippen molar-refractivity contribution in [3.05, 3.63) is 0 Å². The first-order chi connectivity index (χ1) is 18.2. The molecule has 2 heteroatoms. The van der Waals surface area contributed by atoms with E-state index in [0.717, 1.165) is 49.4 Å². The molecule has 3 aliphatic rings. The van der Waals surface area contributed by atoms with Gasteiger partial charge in [-0.15, -0.1) is 0 Å². The molecule has 3 fully saturated rings. The Labute approximate surface area is 237 Å². The lowest BCUT2D eigenvalue weighted by atomic mass is 9.55. The number of hydrogen-bond acceptors (Lipinski definition) is 2. The van der Waals surface area contributed by atoms with Crippen LogP contribution in [-0.4, -0.2) is 11.6 Å². The van der Waals surface area contributed by atoms with E-state index in [0.29, 0.717) is 23.4 Å². The Morgan fingerprint density at radius 1 is 0.500 bits per heavy atom. The minimum Gasteiger partial charge on any atom is -0.299 e. The molecule has 0 saturated heterocycles. The Morgan fingerprint density at radius 2 is 0.868 bits per heavy atom. The van der Waals surface area contributed by atoms with Crippen molar-refractivity contribution in [2.75, 3.05) is 0 Å². The molecule has 0 spiro atoms. The Bertz CT molecular complexity index is 648. The third kappa shape index (κ3) is 9.76. The molecule has 3 rings (SSSR count). The van der Waals surface area contributed by atoms with Crippen molar-refractivity contribution in [1.29, 1.82) is 0 Å². The summed E-state index contributed by atoms with van der Waals surface area (Å²) < 4.78 is 0. The van der Waals surface area contributed by atoms with Gasteiger partial charge >= 0.3 is 0 Å². The van der Waals surface area contributed by atoms with Gasteiger partial charge in [-0.2, -0.15) is 0 Å². The zero-order chi connectivity index (χ0) is 27.7. The Morgan fingerprint density at radius 3 is 1.24 bits per heavy atom. The normalized spacial score (nSPS) is 31.4. The lowest BCUT2D eigenvalue weighted by Crippen LogP contribution is -2.51. The van der Waals surface area contributed by atoms with Crippen molar-refractivity contribution in [2.45, 2.75) is 157 Å². The Hall–Kier alpha value is -0.660. The van der Waals surface area contributed by atoms with Crippen molar-refractivity contribution < 1.29 is 9.59 Å². The van der Waals surface area contributed by atoms with Crippen LogP contribution in [0, 0.1) is 59.2 Å². The summed E-state index contributed by atoms with van der Waals surface area (Å²) in [6, 6.07) is 0. The largest absolute Gasteiger partial charge is 0.299 e. The van der Waals surface area contributed by atoms with Crippen molar-refractivity contribution >= 4 is 11.6 Å². The molecule has 0 heterocycles. The summed E-state index contributed by atoms with van der Waals surface area (Å²) >= 11 is 0. The molecule has 3 aliphatic carbocycles. The van der Waals surface area contributed by atoms with E-state index in [2.05, 4.69) is 41.5 Å². The molecule has 0 aliphatic heterocycles. The summed E-state index contributed by atoms with van der Waals surface area (Å²) in [5, 5.41) is 0. The van der Waals surface area contributed by atoms with Gasteiger partial charge in [-0.05, 0) is 74.0 Å². The molecule has 0 aromatic carbocycles. The average molecular weight is 529 g/mol. The average Bonchev–Trinajstić information content (AvgIpc) is 2.86. The Kier molecular flexibility index (Phi) is 13.4. The number of carbonyl (C=O) groups is 2. The van der Waals surface area contributed by atoms with Crippen LogP contribution in [-0.2, 0) is 9.59 Å². The minimum atomic E-state index is 0.0641. The molecule has 2 nitrogen and oxygen atoms in total. The lowest BCUT2D eigenvalue weighted by Gasteiger charge is -2.46. The van der Waals surface area contributed by atoms with Crippen molar-refractivity contribution in [1.82, 2.24) is 0 Å². The van der Waals surface area contributed by atoms with Crippen LogP contribution >= 0.6 is 0 Å². The SMILES string of the molecule is CC(C)CCCC(C)CCCC1CCC2C(=O)C3CC(CCCC(C)CCCC(C)C)CCC3C(=O)C2C1. The minimum absolute atomic E-state index is 0.0641. The van der Waals surface area contributed by atoms with Crippen molar-refractivity contribution in [3.8, 4) is 0 Å². The molecule has 220 valence electrons. The van der Waals surface area contributed by atoms with E-state index in [4.69, 9.17) is 0 Å². The summed E-state index contributed by atoms with van der Waals surface area (Å²) in [6.07, 6.45) is 22.3. The third-order valence-corrected chi connectivity index (χ3v) is 11.0. The monoisotopic (exact) mass is 528 g/mol. The first kappa shape index (κ1) is 31.9. The molecule has 0 amide bonds. The maximum absolute atomic E-state index is 13.6. The smallest absolute Gasteiger partial charge is 0.140 e. The second-order valence-corrected chi connectivity index (χ2v) is 15.3. The van der Waals surface area contributed by atoms with Crippen LogP contribution in [0.25, 0.3) is 0 Å². The van der Waals surface area contributed by atoms with Gasteiger partial charge in [0.1, 0.15) is 11.6 Å². The van der Waals surface area contributed by atoms with Gasteiger partial charge in [0, 0.05) is 23.7 Å². The van der Waals surface area contributed by atoms with E-state index in [1.165, 1.54) is 89.9 Å². The van der Waals surface area contributed by atoms with Crippen molar-refractivity contribution in [3.63, 3.8) is 0 Å².